The van der Waals surface area contributed by atoms with Crippen molar-refractivity contribution in [2.75, 3.05) is 11.9 Å². The van der Waals surface area contributed by atoms with Crippen molar-refractivity contribution in [3.63, 3.8) is 0 Å². The molecule has 1 N–H and O–H groups in total. The van der Waals surface area contributed by atoms with Gasteiger partial charge < -0.3 is 10.2 Å². The number of fused-ring (bicyclic) bond motifs is 1. The van der Waals surface area contributed by atoms with Crippen LogP contribution in [0.1, 0.15) is 31.8 Å². The van der Waals surface area contributed by atoms with Gasteiger partial charge in [-0.15, -0.1) is 0 Å². The van der Waals surface area contributed by atoms with Crippen molar-refractivity contribution in [3.8, 4) is 0 Å². The number of anilines is 1. The number of carbonyl (C=O) groups excluding carboxylic acids is 2. The third-order valence-corrected chi connectivity index (χ3v) is 4.82. The predicted octanol–water partition coefficient (Wildman–Crippen LogP) is 4.14. The Kier molecular flexibility index (Phi) is 4.71. The fourth-order valence-electron chi connectivity index (χ4n) is 3.36. The second kappa shape index (κ2) is 7.46. The molecular formula is C23H20N2O2. The van der Waals surface area contributed by atoms with Gasteiger partial charge in [-0.1, -0.05) is 42.5 Å². The molecule has 0 bridgehead atoms. The van der Waals surface area contributed by atoms with E-state index in [1.54, 1.807) is 12.1 Å². The molecule has 0 saturated heterocycles. The molecule has 4 rings (SSSR count). The van der Waals surface area contributed by atoms with Gasteiger partial charge in [-0.3, -0.25) is 9.59 Å². The molecule has 0 saturated carbocycles. The third-order valence-electron chi connectivity index (χ3n) is 4.82. The fraction of sp³-hybridized carbons (Fsp3) is 0.130. The Bertz CT molecular complexity index is 968. The van der Waals surface area contributed by atoms with Gasteiger partial charge in [0, 0.05) is 29.9 Å². The van der Waals surface area contributed by atoms with E-state index in [0.717, 1.165) is 17.7 Å². The first kappa shape index (κ1) is 17.0. The third kappa shape index (κ3) is 3.75. The van der Waals surface area contributed by atoms with Crippen LogP contribution >= 0.6 is 0 Å². The van der Waals surface area contributed by atoms with E-state index in [2.05, 4.69) is 5.32 Å². The molecule has 1 heterocycles. The Balaban J connectivity index is 1.51. The lowest BCUT2D eigenvalue weighted by Gasteiger charge is -2.29. The molecule has 0 aliphatic carbocycles. The highest BCUT2D eigenvalue weighted by atomic mass is 16.2. The molecule has 4 heteroatoms. The molecule has 27 heavy (non-hydrogen) atoms. The maximum atomic E-state index is 12.7. The molecule has 0 radical (unpaired) electrons. The second-order valence-corrected chi connectivity index (χ2v) is 6.65. The summed E-state index contributed by atoms with van der Waals surface area (Å²) in [6.07, 6.45) is 0.820. The van der Waals surface area contributed by atoms with Crippen LogP contribution in [0.4, 0.5) is 5.69 Å². The Labute approximate surface area is 158 Å². The Morgan fingerprint density at radius 1 is 0.778 bits per heavy atom. The number of nitrogens with zero attached hydrogens (tertiary/aromatic N) is 1. The van der Waals surface area contributed by atoms with Gasteiger partial charge in [-0.05, 0) is 53.9 Å². The van der Waals surface area contributed by atoms with Gasteiger partial charge in [-0.2, -0.15) is 0 Å². The SMILES string of the molecule is O=C(Nc1ccc2c(c1)CN(C(=O)c1ccccc1)CC2)c1ccccc1. The van der Waals surface area contributed by atoms with Crippen molar-refractivity contribution in [2.24, 2.45) is 0 Å². The average Bonchev–Trinajstić information content (AvgIpc) is 2.74. The van der Waals surface area contributed by atoms with E-state index in [9.17, 15) is 9.59 Å². The highest BCUT2D eigenvalue weighted by Crippen LogP contribution is 2.24. The largest absolute Gasteiger partial charge is 0.334 e. The lowest BCUT2D eigenvalue weighted by molar-refractivity contribution is 0.0734. The standard InChI is InChI=1S/C23H20N2O2/c26-22(18-7-3-1-4-8-18)24-21-12-11-17-13-14-25(16-20(17)15-21)23(27)19-9-5-2-6-10-19/h1-12,15H,13-14,16H2,(H,24,26). The van der Waals surface area contributed by atoms with E-state index < -0.39 is 0 Å². The van der Waals surface area contributed by atoms with Gasteiger partial charge in [0.1, 0.15) is 0 Å². The molecular weight excluding hydrogens is 336 g/mol. The zero-order chi connectivity index (χ0) is 18.6. The summed E-state index contributed by atoms with van der Waals surface area (Å²) in [5.74, 6) is -0.0939. The van der Waals surface area contributed by atoms with Crippen LogP contribution in [-0.4, -0.2) is 23.3 Å². The highest BCUT2D eigenvalue weighted by molar-refractivity contribution is 6.04. The summed E-state index contributed by atoms with van der Waals surface area (Å²) in [6, 6.07) is 24.4. The molecule has 2 amide bonds. The van der Waals surface area contributed by atoms with Gasteiger partial charge in [0.05, 0.1) is 0 Å². The molecule has 4 nitrogen and oxygen atoms in total. The smallest absolute Gasteiger partial charge is 0.255 e. The zero-order valence-corrected chi connectivity index (χ0v) is 14.9. The molecule has 1 aliphatic rings. The van der Waals surface area contributed by atoms with Crippen LogP contribution in [0.5, 0.6) is 0 Å². The van der Waals surface area contributed by atoms with Crippen LogP contribution in [0.25, 0.3) is 0 Å². The fourth-order valence-corrected chi connectivity index (χ4v) is 3.36. The summed E-state index contributed by atoms with van der Waals surface area (Å²) in [7, 11) is 0. The van der Waals surface area contributed by atoms with Crippen LogP contribution in [0.2, 0.25) is 0 Å². The van der Waals surface area contributed by atoms with Crippen LogP contribution in [0.15, 0.2) is 78.9 Å². The molecule has 0 aromatic heterocycles. The van der Waals surface area contributed by atoms with Crippen LogP contribution in [0, 0.1) is 0 Å². The Hall–Kier alpha value is -3.40. The van der Waals surface area contributed by atoms with Crippen molar-refractivity contribution in [2.45, 2.75) is 13.0 Å². The molecule has 0 spiro atoms. The first-order chi connectivity index (χ1) is 13.2. The molecule has 134 valence electrons. The maximum Gasteiger partial charge on any atom is 0.255 e. The quantitative estimate of drug-likeness (QED) is 0.767. The monoisotopic (exact) mass is 356 g/mol. The zero-order valence-electron chi connectivity index (χ0n) is 14.9. The normalized spacial score (nSPS) is 13.0. The van der Waals surface area contributed by atoms with Crippen LogP contribution in [0.3, 0.4) is 0 Å². The number of amides is 2. The molecule has 0 atom stereocenters. The summed E-state index contributed by atoms with van der Waals surface area (Å²) in [5, 5.41) is 2.94. The topological polar surface area (TPSA) is 49.4 Å². The summed E-state index contributed by atoms with van der Waals surface area (Å²) in [5.41, 5.74) is 4.38. The number of carbonyl (C=O) groups is 2. The molecule has 0 fully saturated rings. The summed E-state index contributed by atoms with van der Waals surface area (Å²) in [6.45, 7) is 1.26. The lowest BCUT2D eigenvalue weighted by atomic mass is 9.98. The van der Waals surface area contributed by atoms with E-state index in [4.69, 9.17) is 0 Å². The Morgan fingerprint density at radius 2 is 1.44 bits per heavy atom. The molecule has 0 unspecified atom stereocenters. The number of hydrogen-bond acceptors (Lipinski definition) is 2. The predicted molar refractivity (Wildman–Crippen MR) is 106 cm³/mol. The first-order valence-electron chi connectivity index (χ1n) is 9.03. The maximum absolute atomic E-state index is 12.7. The highest BCUT2D eigenvalue weighted by Gasteiger charge is 2.22. The van der Waals surface area contributed by atoms with E-state index >= 15 is 0 Å². The van der Waals surface area contributed by atoms with Crippen LogP contribution in [-0.2, 0) is 13.0 Å². The number of hydrogen-bond donors (Lipinski definition) is 1. The number of benzene rings is 3. The average molecular weight is 356 g/mol. The van der Waals surface area contributed by atoms with Crippen molar-refractivity contribution in [1.82, 2.24) is 4.90 Å². The van der Waals surface area contributed by atoms with Crippen LogP contribution < -0.4 is 5.32 Å². The second-order valence-electron chi connectivity index (χ2n) is 6.65. The van der Waals surface area contributed by atoms with Crippen molar-refractivity contribution in [3.05, 3.63) is 101 Å². The van der Waals surface area contributed by atoms with Gasteiger partial charge in [0.2, 0.25) is 0 Å². The van der Waals surface area contributed by atoms with Gasteiger partial charge in [-0.25, -0.2) is 0 Å². The number of nitrogens with one attached hydrogen (secondary N) is 1. The molecule has 3 aromatic carbocycles. The summed E-state index contributed by atoms with van der Waals surface area (Å²) in [4.78, 5) is 26.9. The minimum Gasteiger partial charge on any atom is -0.334 e. The Morgan fingerprint density at radius 3 is 2.15 bits per heavy atom. The summed E-state index contributed by atoms with van der Waals surface area (Å²) >= 11 is 0. The van der Waals surface area contributed by atoms with E-state index in [0.29, 0.717) is 24.2 Å². The van der Waals surface area contributed by atoms with Gasteiger partial charge in [0.25, 0.3) is 11.8 Å². The van der Waals surface area contributed by atoms with Crippen molar-refractivity contribution in [1.29, 1.82) is 0 Å². The molecule has 3 aromatic rings. The van der Waals surface area contributed by atoms with Gasteiger partial charge >= 0.3 is 0 Å². The minimum absolute atomic E-state index is 0.0416. The van der Waals surface area contributed by atoms with E-state index in [1.165, 1.54) is 5.56 Å². The first-order valence-corrected chi connectivity index (χ1v) is 9.03. The van der Waals surface area contributed by atoms with Crippen molar-refractivity contribution < 1.29 is 9.59 Å². The van der Waals surface area contributed by atoms with Gasteiger partial charge in [0.15, 0.2) is 0 Å². The number of rotatable bonds is 3. The van der Waals surface area contributed by atoms with Crippen molar-refractivity contribution >= 4 is 17.5 Å². The van der Waals surface area contributed by atoms with E-state index in [-0.39, 0.29) is 11.8 Å². The lowest BCUT2D eigenvalue weighted by Crippen LogP contribution is -2.36. The molecule has 1 aliphatic heterocycles. The summed E-state index contributed by atoms with van der Waals surface area (Å²) < 4.78 is 0. The minimum atomic E-state index is -0.136. The van der Waals surface area contributed by atoms with E-state index in [1.807, 2.05) is 71.6 Å².